The van der Waals surface area contributed by atoms with E-state index in [2.05, 4.69) is 11.4 Å². The zero-order chi connectivity index (χ0) is 15.5. The number of benzene rings is 1. The topological polar surface area (TPSA) is 52.9 Å². The van der Waals surface area contributed by atoms with E-state index < -0.39 is 5.54 Å². The Morgan fingerprint density at radius 3 is 2.81 bits per heavy atom. The second kappa shape index (κ2) is 6.48. The van der Waals surface area contributed by atoms with Crippen molar-refractivity contribution in [2.24, 2.45) is 5.92 Å². The third-order valence-corrected chi connectivity index (χ3v) is 5.02. The predicted octanol–water partition coefficient (Wildman–Crippen LogP) is 3.43. The number of carbonyl (C=O) groups is 1. The van der Waals surface area contributed by atoms with Crippen LogP contribution >= 0.6 is 11.8 Å². The van der Waals surface area contributed by atoms with Crippen LogP contribution in [0.3, 0.4) is 0 Å². The molecule has 2 unspecified atom stereocenters. The number of thioether (sulfide) groups is 1. The molecule has 0 radical (unpaired) electrons. The van der Waals surface area contributed by atoms with E-state index >= 15 is 0 Å². The molecule has 0 saturated heterocycles. The maximum absolute atomic E-state index is 13.6. The summed E-state index contributed by atoms with van der Waals surface area (Å²) in [7, 11) is 0. The highest BCUT2D eigenvalue weighted by Crippen LogP contribution is 2.39. The summed E-state index contributed by atoms with van der Waals surface area (Å²) in [5.41, 5.74) is -0.167. The summed E-state index contributed by atoms with van der Waals surface area (Å²) in [6.45, 7) is 3.65. The summed E-state index contributed by atoms with van der Waals surface area (Å²) < 4.78 is 13.6. The van der Waals surface area contributed by atoms with Gasteiger partial charge in [0.2, 0.25) is 5.91 Å². The summed E-state index contributed by atoms with van der Waals surface area (Å²) in [5, 5.41) is 11.9. The molecule has 0 spiro atoms. The molecule has 1 amide bonds. The quantitative estimate of drug-likeness (QED) is 0.876. The molecule has 2 rings (SSSR count). The van der Waals surface area contributed by atoms with Crippen molar-refractivity contribution < 1.29 is 9.18 Å². The van der Waals surface area contributed by atoms with Crippen LogP contribution in [0.4, 0.5) is 4.39 Å². The fourth-order valence-corrected chi connectivity index (χ4v) is 3.15. The molecule has 1 aromatic rings. The van der Waals surface area contributed by atoms with E-state index in [1.54, 1.807) is 25.1 Å². The number of amides is 1. The van der Waals surface area contributed by atoms with Gasteiger partial charge in [-0.25, -0.2) is 4.39 Å². The highest BCUT2D eigenvalue weighted by Gasteiger charge is 2.42. The van der Waals surface area contributed by atoms with Crippen LogP contribution in [0.25, 0.3) is 0 Å². The number of nitrogens with one attached hydrogen (secondary N) is 1. The molecule has 3 nitrogen and oxygen atoms in total. The van der Waals surface area contributed by atoms with Crippen molar-refractivity contribution in [3.05, 3.63) is 35.6 Å². The van der Waals surface area contributed by atoms with E-state index in [0.29, 0.717) is 5.56 Å². The Hall–Kier alpha value is -1.54. The molecule has 0 aliphatic heterocycles. The normalized spacial score (nSPS) is 18.4. The maximum atomic E-state index is 13.6. The Bertz CT molecular complexity index is 568. The first-order chi connectivity index (χ1) is 9.96. The molecule has 1 fully saturated rings. The molecule has 0 heterocycles. The number of halogens is 1. The minimum Gasteiger partial charge on any atom is -0.337 e. The lowest BCUT2D eigenvalue weighted by Gasteiger charge is -2.23. The highest BCUT2D eigenvalue weighted by molar-refractivity contribution is 8.00. The molecule has 1 N–H and O–H groups in total. The molecule has 2 atom stereocenters. The minimum absolute atomic E-state index is 0.105. The van der Waals surface area contributed by atoms with Crippen LogP contribution in [0.1, 0.15) is 37.5 Å². The van der Waals surface area contributed by atoms with E-state index in [1.807, 2.05) is 6.92 Å². The largest absolute Gasteiger partial charge is 0.337 e. The lowest BCUT2D eigenvalue weighted by molar-refractivity contribution is -0.119. The number of hydrogen-bond donors (Lipinski definition) is 1. The van der Waals surface area contributed by atoms with Gasteiger partial charge in [-0.2, -0.15) is 5.26 Å². The molecular weight excluding hydrogens is 287 g/mol. The van der Waals surface area contributed by atoms with Crippen LogP contribution in [0.2, 0.25) is 0 Å². The minimum atomic E-state index is -0.765. The van der Waals surface area contributed by atoms with Gasteiger partial charge < -0.3 is 5.32 Å². The average Bonchev–Trinajstić information content (AvgIpc) is 3.30. The number of nitrogens with zero attached hydrogens (tertiary/aromatic N) is 1. The molecule has 1 saturated carbocycles. The van der Waals surface area contributed by atoms with Crippen LogP contribution in [-0.4, -0.2) is 17.2 Å². The summed E-state index contributed by atoms with van der Waals surface area (Å²) in [5.74, 6) is 0.0665. The van der Waals surface area contributed by atoms with E-state index in [9.17, 15) is 14.4 Å². The van der Waals surface area contributed by atoms with E-state index in [-0.39, 0.29) is 28.6 Å². The van der Waals surface area contributed by atoms with Crippen LogP contribution in [-0.2, 0) is 4.79 Å². The van der Waals surface area contributed by atoms with Gasteiger partial charge in [0.25, 0.3) is 0 Å². The SMILES string of the molecule is CC(SCC(=O)NC(C)(C#N)C1CC1)c1ccccc1F. The second-order valence-corrected chi connectivity index (χ2v) is 6.94. The first-order valence-corrected chi connectivity index (χ1v) is 8.09. The fourth-order valence-electron chi connectivity index (χ4n) is 2.30. The summed E-state index contributed by atoms with van der Waals surface area (Å²) in [6.07, 6.45) is 1.98. The van der Waals surface area contributed by atoms with Crippen molar-refractivity contribution >= 4 is 17.7 Å². The molecule has 1 aliphatic carbocycles. The van der Waals surface area contributed by atoms with Crippen molar-refractivity contribution in [2.45, 2.75) is 37.5 Å². The summed E-state index contributed by atoms with van der Waals surface area (Å²) in [6, 6.07) is 8.79. The van der Waals surface area contributed by atoms with Gasteiger partial charge in [0.15, 0.2) is 0 Å². The number of carbonyl (C=O) groups excluding carboxylic acids is 1. The zero-order valence-electron chi connectivity index (χ0n) is 12.2. The monoisotopic (exact) mass is 306 g/mol. The van der Waals surface area contributed by atoms with Gasteiger partial charge in [0.05, 0.1) is 11.8 Å². The fraction of sp³-hybridized carbons (Fsp3) is 0.500. The third kappa shape index (κ3) is 3.98. The zero-order valence-corrected chi connectivity index (χ0v) is 13.0. The molecule has 1 aromatic carbocycles. The first-order valence-electron chi connectivity index (χ1n) is 7.04. The van der Waals surface area contributed by atoms with Crippen LogP contribution in [0, 0.1) is 23.1 Å². The van der Waals surface area contributed by atoms with E-state index in [4.69, 9.17) is 0 Å². The van der Waals surface area contributed by atoms with E-state index in [1.165, 1.54) is 17.8 Å². The molecule has 21 heavy (non-hydrogen) atoms. The third-order valence-electron chi connectivity index (χ3n) is 3.83. The molecule has 112 valence electrons. The van der Waals surface area contributed by atoms with Crippen molar-refractivity contribution in [3.63, 3.8) is 0 Å². The second-order valence-electron chi connectivity index (χ2n) is 5.61. The Kier molecular flexibility index (Phi) is 4.89. The van der Waals surface area contributed by atoms with Gasteiger partial charge in [-0.1, -0.05) is 18.2 Å². The standard InChI is InChI=1S/C16H19FN2OS/c1-11(13-5-3-4-6-14(13)17)21-9-15(20)19-16(2,10-18)12-7-8-12/h3-6,11-12H,7-9H2,1-2H3,(H,19,20). The Morgan fingerprint density at radius 2 is 2.24 bits per heavy atom. The molecule has 5 heteroatoms. The van der Waals surface area contributed by atoms with Crippen molar-refractivity contribution in [1.29, 1.82) is 5.26 Å². The first kappa shape index (κ1) is 15.8. The smallest absolute Gasteiger partial charge is 0.231 e. The van der Waals surface area contributed by atoms with Gasteiger partial charge >= 0.3 is 0 Å². The van der Waals surface area contributed by atoms with Crippen molar-refractivity contribution in [1.82, 2.24) is 5.32 Å². The van der Waals surface area contributed by atoms with Gasteiger partial charge in [0.1, 0.15) is 11.4 Å². The summed E-state index contributed by atoms with van der Waals surface area (Å²) in [4.78, 5) is 12.0. The Balaban J connectivity index is 1.87. The summed E-state index contributed by atoms with van der Waals surface area (Å²) >= 11 is 1.37. The van der Waals surface area contributed by atoms with Gasteiger partial charge in [-0.15, -0.1) is 11.8 Å². The molecule has 0 aromatic heterocycles. The van der Waals surface area contributed by atoms with E-state index in [0.717, 1.165) is 12.8 Å². The number of hydrogen-bond acceptors (Lipinski definition) is 3. The Labute approximate surface area is 128 Å². The highest BCUT2D eigenvalue weighted by atomic mass is 32.2. The lowest BCUT2D eigenvalue weighted by Crippen LogP contribution is -2.47. The van der Waals surface area contributed by atoms with Crippen LogP contribution in [0.15, 0.2) is 24.3 Å². The van der Waals surface area contributed by atoms with Gasteiger partial charge in [-0.3, -0.25) is 4.79 Å². The Morgan fingerprint density at radius 1 is 1.57 bits per heavy atom. The van der Waals surface area contributed by atoms with Crippen LogP contribution < -0.4 is 5.32 Å². The molecule has 0 bridgehead atoms. The average molecular weight is 306 g/mol. The van der Waals surface area contributed by atoms with Gasteiger partial charge in [-0.05, 0) is 38.7 Å². The maximum Gasteiger partial charge on any atom is 0.231 e. The number of nitriles is 1. The number of rotatable bonds is 6. The van der Waals surface area contributed by atoms with Crippen molar-refractivity contribution in [2.75, 3.05) is 5.75 Å². The van der Waals surface area contributed by atoms with Crippen molar-refractivity contribution in [3.8, 4) is 6.07 Å². The van der Waals surface area contributed by atoms with Crippen LogP contribution in [0.5, 0.6) is 0 Å². The molecule has 1 aliphatic rings. The lowest BCUT2D eigenvalue weighted by atomic mass is 9.98. The predicted molar refractivity (Wildman–Crippen MR) is 82.2 cm³/mol. The van der Waals surface area contributed by atoms with Gasteiger partial charge in [0, 0.05) is 10.8 Å². The molecular formula is C16H19FN2OS.